The number of nitrogens with two attached hydrogens (primary N) is 1. The van der Waals surface area contributed by atoms with E-state index in [1.807, 2.05) is 30.3 Å². The van der Waals surface area contributed by atoms with Crippen LogP contribution >= 0.6 is 8.03 Å². The Labute approximate surface area is 155 Å². The highest BCUT2D eigenvalue weighted by molar-refractivity contribution is 7.39. The summed E-state index contributed by atoms with van der Waals surface area (Å²) in [6.45, 7) is 0. The first-order valence-corrected chi connectivity index (χ1v) is 10.6. The molecule has 1 saturated carbocycles. The van der Waals surface area contributed by atoms with Crippen molar-refractivity contribution in [3.63, 3.8) is 0 Å². The number of benzene rings is 1. The van der Waals surface area contributed by atoms with Crippen LogP contribution in [0.15, 0.2) is 30.3 Å². The van der Waals surface area contributed by atoms with Crippen LogP contribution in [-0.4, -0.2) is 30.1 Å². The van der Waals surface area contributed by atoms with E-state index in [0.717, 1.165) is 31.2 Å². The number of carbonyl (C=O) groups excluding carboxylic acids is 2. The number of nitrogens with one attached hydrogen (secondary N) is 1. The zero-order valence-corrected chi connectivity index (χ0v) is 16.0. The molecule has 0 aromatic heterocycles. The third kappa shape index (κ3) is 7.63. The van der Waals surface area contributed by atoms with Crippen molar-refractivity contribution < 1.29 is 18.7 Å². The number of amides is 2. The van der Waals surface area contributed by atoms with Gasteiger partial charge in [-0.15, -0.1) is 4.52 Å². The number of hydrogen-bond donors (Lipinski definition) is 2. The molecule has 0 aliphatic heterocycles. The van der Waals surface area contributed by atoms with Gasteiger partial charge in [-0.1, -0.05) is 49.6 Å². The lowest BCUT2D eigenvalue weighted by Crippen LogP contribution is -2.45. The zero-order valence-electron chi connectivity index (χ0n) is 15.1. The molecule has 0 bridgehead atoms. The minimum absolute atomic E-state index is 0.102. The molecule has 7 heteroatoms. The molecule has 2 unspecified atom stereocenters. The van der Waals surface area contributed by atoms with Crippen LogP contribution in [0.3, 0.4) is 0 Å². The number of hydrogen-bond acceptors (Lipinski definition) is 4. The van der Waals surface area contributed by atoms with Gasteiger partial charge in [-0.25, -0.2) is 0 Å². The Hall–Kier alpha value is -1.78. The molecule has 2 atom stereocenters. The Morgan fingerprint density at radius 3 is 2.54 bits per heavy atom. The van der Waals surface area contributed by atoms with Gasteiger partial charge in [0.05, 0.1) is 6.42 Å². The van der Waals surface area contributed by atoms with Crippen LogP contribution in [0, 0.1) is 0 Å². The molecule has 1 aromatic carbocycles. The van der Waals surface area contributed by atoms with Crippen molar-refractivity contribution in [1.29, 1.82) is 0 Å². The van der Waals surface area contributed by atoms with E-state index in [0.29, 0.717) is 19.0 Å². The molecule has 2 rings (SSSR count). The quantitative estimate of drug-likeness (QED) is 0.610. The highest BCUT2D eigenvalue weighted by atomic mass is 31.1. The summed E-state index contributed by atoms with van der Waals surface area (Å²) in [6.07, 6.45) is 6.99. The lowest BCUT2D eigenvalue weighted by atomic mass is 9.98. The fraction of sp³-hybridized carbons (Fsp3) is 0.579. The fourth-order valence-electron chi connectivity index (χ4n) is 3.13. The van der Waals surface area contributed by atoms with Crippen LogP contribution in [0.4, 0.5) is 0 Å². The summed E-state index contributed by atoms with van der Waals surface area (Å²) < 4.78 is 17.6. The lowest BCUT2D eigenvalue weighted by molar-refractivity contribution is -0.127. The molecule has 1 aliphatic carbocycles. The van der Waals surface area contributed by atoms with Crippen molar-refractivity contribution in [2.24, 2.45) is 5.73 Å². The molecule has 1 fully saturated rings. The minimum atomic E-state index is -1.73. The van der Waals surface area contributed by atoms with E-state index in [9.17, 15) is 14.2 Å². The Balaban J connectivity index is 1.70. The largest absolute Gasteiger partial charge is 0.508 e. The molecule has 6 nitrogen and oxygen atoms in total. The van der Waals surface area contributed by atoms with E-state index >= 15 is 0 Å². The predicted molar refractivity (Wildman–Crippen MR) is 101 cm³/mol. The average Bonchev–Trinajstić information content (AvgIpc) is 2.62. The van der Waals surface area contributed by atoms with Crippen molar-refractivity contribution in [3.05, 3.63) is 35.9 Å². The first kappa shape index (κ1) is 20.5. The van der Waals surface area contributed by atoms with Crippen molar-refractivity contribution in [1.82, 2.24) is 5.32 Å². The molecule has 1 aromatic rings. The van der Waals surface area contributed by atoms with Crippen molar-refractivity contribution in [3.8, 4) is 0 Å². The molecular formula is C19H28N2O4P+. The first-order valence-electron chi connectivity index (χ1n) is 9.28. The SMILES string of the molecule is NC(=O)C(CCC[P+](=O)OC1CCCCC1)NC(=O)Cc1ccccc1. The summed E-state index contributed by atoms with van der Waals surface area (Å²) in [5, 5.41) is 2.67. The summed E-state index contributed by atoms with van der Waals surface area (Å²) in [7, 11) is -1.73. The van der Waals surface area contributed by atoms with E-state index in [-0.39, 0.29) is 18.4 Å². The van der Waals surface area contributed by atoms with E-state index in [1.165, 1.54) is 6.42 Å². The molecule has 0 spiro atoms. The second-order valence-corrected chi connectivity index (χ2v) is 8.07. The topological polar surface area (TPSA) is 98.5 Å². The average molecular weight is 379 g/mol. The Morgan fingerprint density at radius 2 is 1.88 bits per heavy atom. The van der Waals surface area contributed by atoms with Crippen LogP contribution in [0.5, 0.6) is 0 Å². The van der Waals surface area contributed by atoms with E-state index in [2.05, 4.69) is 5.32 Å². The molecule has 0 saturated heterocycles. The molecule has 0 heterocycles. The van der Waals surface area contributed by atoms with Gasteiger partial charge in [0.1, 0.15) is 12.1 Å². The predicted octanol–water partition coefficient (Wildman–Crippen LogP) is 3.07. The summed E-state index contributed by atoms with van der Waals surface area (Å²) in [6, 6.07) is 8.56. The molecule has 0 radical (unpaired) electrons. The van der Waals surface area contributed by atoms with Gasteiger partial charge in [-0.2, -0.15) is 0 Å². The minimum Gasteiger partial charge on any atom is -0.368 e. The third-order valence-electron chi connectivity index (χ3n) is 4.54. The molecule has 3 N–H and O–H groups in total. The number of primary amides is 1. The first-order chi connectivity index (χ1) is 12.5. The van der Waals surface area contributed by atoms with Gasteiger partial charge >= 0.3 is 8.03 Å². The van der Waals surface area contributed by atoms with Crippen molar-refractivity contribution >= 4 is 19.8 Å². The maximum Gasteiger partial charge on any atom is 0.508 e. The molecular weight excluding hydrogens is 351 g/mol. The van der Waals surface area contributed by atoms with Crippen molar-refractivity contribution in [2.45, 2.75) is 63.5 Å². The highest BCUT2D eigenvalue weighted by Gasteiger charge is 2.27. The summed E-state index contributed by atoms with van der Waals surface area (Å²) in [4.78, 5) is 23.7. The van der Waals surface area contributed by atoms with Gasteiger partial charge in [-0.05, 0) is 35.8 Å². The lowest BCUT2D eigenvalue weighted by Gasteiger charge is -2.16. The molecule has 26 heavy (non-hydrogen) atoms. The second kappa shape index (κ2) is 11.0. The van der Waals surface area contributed by atoms with Gasteiger partial charge in [-0.3, -0.25) is 9.59 Å². The Bertz CT molecular complexity index is 603. The van der Waals surface area contributed by atoms with Gasteiger partial charge in [0.2, 0.25) is 11.8 Å². The molecule has 1 aliphatic rings. The van der Waals surface area contributed by atoms with Crippen LogP contribution in [-0.2, 0) is 25.1 Å². The molecule has 142 valence electrons. The van der Waals surface area contributed by atoms with Gasteiger partial charge < -0.3 is 11.1 Å². The standard InChI is InChI=1S/C19H27N2O4P/c20-19(23)17(21-18(22)14-15-8-3-1-4-9-15)12-7-13-26(24)25-16-10-5-2-6-11-16/h1,3-4,8-9,16-17H,2,5-7,10-14H2,(H2-,20,21,22,23)/p+1. The van der Waals surface area contributed by atoms with Gasteiger partial charge in [0.25, 0.3) is 0 Å². The van der Waals surface area contributed by atoms with Gasteiger partial charge in [0.15, 0.2) is 6.16 Å². The van der Waals surface area contributed by atoms with Crippen LogP contribution in [0.2, 0.25) is 0 Å². The van der Waals surface area contributed by atoms with Crippen molar-refractivity contribution in [2.75, 3.05) is 6.16 Å². The van der Waals surface area contributed by atoms with Crippen LogP contribution in [0.1, 0.15) is 50.5 Å². The summed E-state index contributed by atoms with van der Waals surface area (Å²) >= 11 is 0. The molecule has 2 amide bonds. The third-order valence-corrected chi connectivity index (χ3v) is 5.75. The normalized spacial score (nSPS) is 16.7. The van der Waals surface area contributed by atoms with E-state index in [1.54, 1.807) is 0 Å². The van der Waals surface area contributed by atoms with Crippen LogP contribution < -0.4 is 11.1 Å². The maximum absolute atomic E-state index is 12.1. The number of rotatable bonds is 10. The van der Waals surface area contributed by atoms with E-state index in [4.69, 9.17) is 10.3 Å². The fourth-order valence-corrected chi connectivity index (χ4v) is 4.22. The second-order valence-electron chi connectivity index (χ2n) is 6.75. The summed E-state index contributed by atoms with van der Waals surface area (Å²) in [5.41, 5.74) is 6.26. The Kier molecular flexibility index (Phi) is 8.72. The number of carbonyl (C=O) groups is 2. The maximum atomic E-state index is 12.1. The monoisotopic (exact) mass is 379 g/mol. The summed E-state index contributed by atoms with van der Waals surface area (Å²) in [5.74, 6) is -0.822. The zero-order chi connectivity index (χ0) is 18.8. The van der Waals surface area contributed by atoms with Crippen LogP contribution in [0.25, 0.3) is 0 Å². The Morgan fingerprint density at radius 1 is 1.19 bits per heavy atom. The van der Waals surface area contributed by atoms with Gasteiger partial charge in [0, 0.05) is 0 Å². The smallest absolute Gasteiger partial charge is 0.368 e. The highest BCUT2D eigenvalue weighted by Crippen LogP contribution is 2.32. The van der Waals surface area contributed by atoms with E-state index < -0.39 is 20.0 Å².